The Bertz CT molecular complexity index is 1140. The zero-order valence-electron chi connectivity index (χ0n) is 20.1. The highest BCUT2D eigenvalue weighted by molar-refractivity contribution is 7.17. The number of rotatable bonds is 8. The molecule has 0 radical (unpaired) electrons. The van der Waals surface area contributed by atoms with Crippen LogP contribution in [0, 0.1) is 5.92 Å². The molecule has 1 aliphatic heterocycles. The molecule has 2 heterocycles. The summed E-state index contributed by atoms with van der Waals surface area (Å²) in [5, 5.41) is 3.20. The normalized spacial score (nSPS) is 17.1. The van der Waals surface area contributed by atoms with Crippen LogP contribution in [0.3, 0.4) is 0 Å². The zero-order valence-corrected chi connectivity index (χ0v) is 20.9. The lowest BCUT2D eigenvalue weighted by Gasteiger charge is -2.18. The highest BCUT2D eigenvalue weighted by Crippen LogP contribution is 2.40. The van der Waals surface area contributed by atoms with E-state index in [0.29, 0.717) is 41.6 Å². The highest BCUT2D eigenvalue weighted by Gasteiger charge is 2.29. The maximum atomic E-state index is 12.6. The quantitative estimate of drug-likeness (QED) is 0.553. The van der Waals surface area contributed by atoms with Crippen LogP contribution in [0.1, 0.15) is 69.8 Å². The molecule has 1 aromatic carbocycles. The summed E-state index contributed by atoms with van der Waals surface area (Å²) in [6.07, 6.45) is 4.01. The van der Waals surface area contributed by atoms with Gasteiger partial charge in [0.1, 0.15) is 5.00 Å². The fraction of sp³-hybridized carbons (Fsp3) is 0.462. The first-order valence-electron chi connectivity index (χ1n) is 12.0. The fourth-order valence-corrected chi connectivity index (χ4v) is 5.94. The molecule has 8 nitrogen and oxygen atoms in total. The van der Waals surface area contributed by atoms with Crippen molar-refractivity contribution in [1.29, 1.82) is 0 Å². The number of carbonyl (C=O) groups is 4. The van der Waals surface area contributed by atoms with Gasteiger partial charge in [-0.15, -0.1) is 11.3 Å². The second-order valence-corrected chi connectivity index (χ2v) is 10.1. The van der Waals surface area contributed by atoms with Gasteiger partial charge in [-0.1, -0.05) is 19.1 Å². The van der Waals surface area contributed by atoms with Crippen LogP contribution in [-0.4, -0.2) is 48.4 Å². The molecule has 35 heavy (non-hydrogen) atoms. The number of thiophene rings is 1. The van der Waals surface area contributed by atoms with Crippen molar-refractivity contribution in [1.82, 2.24) is 4.90 Å². The van der Waals surface area contributed by atoms with E-state index in [0.717, 1.165) is 41.7 Å². The van der Waals surface area contributed by atoms with Crippen molar-refractivity contribution in [3.8, 4) is 0 Å². The van der Waals surface area contributed by atoms with Gasteiger partial charge in [0.2, 0.25) is 5.91 Å². The van der Waals surface area contributed by atoms with E-state index in [1.165, 1.54) is 11.3 Å². The number of anilines is 1. The first-order chi connectivity index (χ1) is 16.9. The van der Waals surface area contributed by atoms with Crippen LogP contribution < -0.4 is 5.32 Å². The molecule has 2 aromatic rings. The molecule has 1 atom stereocenters. The molecule has 0 bridgehead atoms. The largest absolute Gasteiger partial charge is 0.462 e. The van der Waals surface area contributed by atoms with Crippen LogP contribution in [-0.2, 0) is 38.4 Å². The molecule has 1 aliphatic carbocycles. The number of carbonyl (C=O) groups excluding carboxylic acids is 4. The average molecular weight is 499 g/mol. The van der Waals surface area contributed by atoms with Crippen LogP contribution in [0.2, 0.25) is 0 Å². The van der Waals surface area contributed by atoms with E-state index in [9.17, 15) is 19.2 Å². The predicted molar refractivity (Wildman–Crippen MR) is 131 cm³/mol. The Labute approximate surface area is 208 Å². The van der Waals surface area contributed by atoms with Gasteiger partial charge in [0.25, 0.3) is 5.91 Å². The number of nitrogens with zero attached hydrogens (tertiary/aromatic N) is 1. The van der Waals surface area contributed by atoms with Crippen LogP contribution in [0.15, 0.2) is 24.3 Å². The predicted octanol–water partition coefficient (Wildman–Crippen LogP) is 3.97. The zero-order chi connectivity index (χ0) is 24.9. The topological polar surface area (TPSA) is 102 Å². The Hall–Kier alpha value is -3.20. The number of ether oxygens (including phenoxy) is 2. The van der Waals surface area contributed by atoms with Gasteiger partial charge in [-0.05, 0) is 61.8 Å². The van der Waals surface area contributed by atoms with Crippen molar-refractivity contribution in [3.05, 3.63) is 51.4 Å². The summed E-state index contributed by atoms with van der Waals surface area (Å²) in [5.41, 5.74) is 2.51. The van der Waals surface area contributed by atoms with E-state index >= 15 is 0 Å². The summed E-state index contributed by atoms with van der Waals surface area (Å²) in [6, 6.07) is 6.88. The number of fused-ring (bicyclic) bond motifs is 1. The second kappa shape index (κ2) is 11.0. The number of hydrogen-bond donors (Lipinski definition) is 1. The van der Waals surface area contributed by atoms with E-state index in [1.807, 2.05) is 6.07 Å². The molecule has 1 fully saturated rings. The maximum absolute atomic E-state index is 12.6. The van der Waals surface area contributed by atoms with Gasteiger partial charge in [-0.2, -0.15) is 0 Å². The summed E-state index contributed by atoms with van der Waals surface area (Å²) in [7, 11) is 0. The smallest absolute Gasteiger partial charge is 0.341 e. The second-order valence-electron chi connectivity index (χ2n) is 9.02. The molecule has 1 unspecified atom stereocenters. The Morgan fingerprint density at radius 2 is 2.00 bits per heavy atom. The van der Waals surface area contributed by atoms with E-state index < -0.39 is 24.5 Å². The van der Waals surface area contributed by atoms with Gasteiger partial charge in [-0.3, -0.25) is 9.59 Å². The number of amides is 2. The highest BCUT2D eigenvalue weighted by atomic mass is 32.1. The lowest BCUT2D eigenvalue weighted by atomic mass is 9.88. The van der Waals surface area contributed by atoms with Crippen LogP contribution >= 0.6 is 11.3 Å². The standard InChI is InChI=1S/C26H30N2O6S/c1-3-33-26(32)23-19-10-9-16(2)12-20(19)35-24(23)27-21(29)15-34-25(31)18-7-4-6-17(13-18)14-28-11-5-8-22(28)30/h4,6-7,13,16H,3,5,8-12,14-15H2,1-2H3,(H,27,29). The Kier molecular flexibility index (Phi) is 7.85. The molecule has 1 saturated heterocycles. The summed E-state index contributed by atoms with van der Waals surface area (Å²) in [5.74, 6) is -0.962. The molecule has 0 saturated carbocycles. The number of likely N-dealkylation sites (tertiary alicyclic amines) is 1. The summed E-state index contributed by atoms with van der Waals surface area (Å²) in [4.78, 5) is 52.5. The van der Waals surface area contributed by atoms with Gasteiger partial charge < -0.3 is 19.7 Å². The third kappa shape index (κ3) is 5.90. The number of benzene rings is 1. The number of esters is 2. The summed E-state index contributed by atoms with van der Waals surface area (Å²) < 4.78 is 10.5. The minimum atomic E-state index is -0.625. The lowest BCUT2D eigenvalue weighted by molar-refractivity contribution is -0.128. The van der Waals surface area contributed by atoms with Gasteiger partial charge in [-0.25, -0.2) is 9.59 Å². The summed E-state index contributed by atoms with van der Waals surface area (Å²) >= 11 is 1.39. The molecule has 1 aromatic heterocycles. The SMILES string of the molecule is CCOC(=O)c1c(NC(=O)COC(=O)c2cccc(CN3CCCC3=O)c2)sc2c1CCC(C)C2. The van der Waals surface area contributed by atoms with Crippen LogP contribution in [0.4, 0.5) is 5.00 Å². The minimum absolute atomic E-state index is 0.113. The third-order valence-corrected chi connectivity index (χ3v) is 7.46. The molecule has 1 N–H and O–H groups in total. The van der Waals surface area contributed by atoms with Gasteiger partial charge in [0, 0.05) is 24.4 Å². The molecule has 4 rings (SSSR count). The van der Waals surface area contributed by atoms with E-state index in [2.05, 4.69) is 12.2 Å². The van der Waals surface area contributed by atoms with Crippen molar-refractivity contribution < 1.29 is 28.7 Å². The van der Waals surface area contributed by atoms with Crippen LogP contribution in [0.5, 0.6) is 0 Å². The van der Waals surface area contributed by atoms with E-state index in [4.69, 9.17) is 9.47 Å². The molecule has 2 aliphatic rings. The maximum Gasteiger partial charge on any atom is 0.341 e. The van der Waals surface area contributed by atoms with Gasteiger partial charge >= 0.3 is 11.9 Å². The Morgan fingerprint density at radius 3 is 2.74 bits per heavy atom. The van der Waals surface area contributed by atoms with Gasteiger partial charge in [0.15, 0.2) is 6.61 Å². The monoisotopic (exact) mass is 498 g/mol. The van der Waals surface area contributed by atoms with Crippen molar-refractivity contribution in [2.45, 2.75) is 52.5 Å². The average Bonchev–Trinajstić information content (AvgIpc) is 3.39. The molecule has 0 spiro atoms. The molecule has 186 valence electrons. The first-order valence-corrected chi connectivity index (χ1v) is 12.8. The van der Waals surface area contributed by atoms with Crippen molar-refractivity contribution in [3.63, 3.8) is 0 Å². The Morgan fingerprint density at radius 1 is 1.17 bits per heavy atom. The Balaban J connectivity index is 1.39. The molecular weight excluding hydrogens is 468 g/mol. The van der Waals surface area contributed by atoms with Crippen molar-refractivity contribution >= 4 is 40.1 Å². The van der Waals surface area contributed by atoms with Crippen molar-refractivity contribution in [2.75, 3.05) is 25.1 Å². The lowest BCUT2D eigenvalue weighted by Crippen LogP contribution is -2.24. The molecule has 9 heteroatoms. The fourth-order valence-electron chi connectivity index (χ4n) is 4.52. The minimum Gasteiger partial charge on any atom is -0.462 e. The summed E-state index contributed by atoms with van der Waals surface area (Å²) in [6.45, 7) is 4.84. The first kappa shape index (κ1) is 24.9. The van der Waals surface area contributed by atoms with Gasteiger partial charge in [0.05, 0.1) is 17.7 Å². The van der Waals surface area contributed by atoms with Crippen LogP contribution in [0.25, 0.3) is 0 Å². The third-order valence-electron chi connectivity index (χ3n) is 6.29. The number of nitrogens with one attached hydrogen (secondary N) is 1. The van der Waals surface area contributed by atoms with Crippen molar-refractivity contribution in [2.24, 2.45) is 5.92 Å². The van der Waals surface area contributed by atoms with E-state index in [1.54, 1.807) is 30.0 Å². The molecule has 2 amide bonds. The van der Waals surface area contributed by atoms with E-state index in [-0.39, 0.29) is 12.5 Å². The number of hydrogen-bond acceptors (Lipinski definition) is 7. The molecular formula is C26H30N2O6S.